The van der Waals surface area contributed by atoms with Crippen LogP contribution in [-0.4, -0.2) is 19.5 Å². The summed E-state index contributed by atoms with van der Waals surface area (Å²) >= 11 is 1.56. The molecule has 0 bridgehead atoms. The standard InChI is InChI=1S/C13H12N4O3S/c1-8-11(15-13(20-8)10-3-4-21-7-10)6-16-9(2)14-5-12(16)17(18)19/h3-5,7H,6H2,1-2H3. The quantitative estimate of drug-likeness (QED) is 0.545. The highest BCUT2D eigenvalue weighted by Crippen LogP contribution is 2.25. The van der Waals surface area contributed by atoms with Crippen LogP contribution in [0.25, 0.3) is 11.5 Å². The first-order valence-corrected chi connectivity index (χ1v) is 7.16. The van der Waals surface area contributed by atoms with Crippen LogP contribution in [0.1, 0.15) is 17.3 Å². The van der Waals surface area contributed by atoms with E-state index in [2.05, 4.69) is 9.97 Å². The monoisotopic (exact) mass is 304 g/mol. The molecule has 3 rings (SSSR count). The van der Waals surface area contributed by atoms with Crippen LogP contribution in [0.2, 0.25) is 0 Å². The first-order valence-electron chi connectivity index (χ1n) is 6.21. The van der Waals surface area contributed by atoms with Crippen LogP contribution < -0.4 is 0 Å². The van der Waals surface area contributed by atoms with Crippen molar-refractivity contribution in [1.29, 1.82) is 0 Å². The number of aryl methyl sites for hydroxylation is 2. The van der Waals surface area contributed by atoms with E-state index in [1.54, 1.807) is 25.2 Å². The minimum absolute atomic E-state index is 0.0491. The molecule has 0 aromatic carbocycles. The van der Waals surface area contributed by atoms with Crippen LogP contribution in [0.3, 0.4) is 0 Å². The zero-order chi connectivity index (χ0) is 15.0. The highest BCUT2D eigenvalue weighted by molar-refractivity contribution is 7.08. The lowest BCUT2D eigenvalue weighted by molar-refractivity contribution is -0.392. The van der Waals surface area contributed by atoms with Crippen molar-refractivity contribution in [2.24, 2.45) is 0 Å². The van der Waals surface area contributed by atoms with E-state index in [1.807, 2.05) is 16.8 Å². The Bertz CT molecular complexity index is 789. The summed E-state index contributed by atoms with van der Waals surface area (Å²) in [5.74, 6) is 1.70. The molecule has 0 atom stereocenters. The third kappa shape index (κ3) is 2.45. The second kappa shape index (κ2) is 5.13. The summed E-state index contributed by atoms with van der Waals surface area (Å²) in [6, 6.07) is 1.92. The molecular weight excluding hydrogens is 292 g/mol. The second-order valence-corrected chi connectivity index (χ2v) is 5.32. The largest absolute Gasteiger partial charge is 0.441 e. The van der Waals surface area contributed by atoms with Gasteiger partial charge in [0.15, 0.2) is 5.82 Å². The molecule has 0 fully saturated rings. The van der Waals surface area contributed by atoms with Gasteiger partial charge in [-0.2, -0.15) is 11.3 Å². The Labute approximate surface area is 124 Å². The number of rotatable bonds is 4. The number of nitro groups is 1. The smallest absolute Gasteiger partial charge is 0.343 e. The van der Waals surface area contributed by atoms with Gasteiger partial charge in [0.1, 0.15) is 24.2 Å². The van der Waals surface area contributed by atoms with Crippen molar-refractivity contribution in [3.63, 3.8) is 0 Å². The third-order valence-electron chi connectivity index (χ3n) is 3.19. The Morgan fingerprint density at radius 3 is 2.95 bits per heavy atom. The van der Waals surface area contributed by atoms with E-state index in [0.29, 0.717) is 23.2 Å². The van der Waals surface area contributed by atoms with E-state index in [-0.39, 0.29) is 12.4 Å². The molecule has 0 saturated heterocycles. The maximum atomic E-state index is 11.0. The van der Waals surface area contributed by atoms with Gasteiger partial charge < -0.3 is 14.5 Å². The number of aromatic nitrogens is 3. The fraction of sp³-hybridized carbons (Fsp3) is 0.231. The van der Waals surface area contributed by atoms with E-state index in [1.165, 1.54) is 10.8 Å². The molecule has 108 valence electrons. The zero-order valence-electron chi connectivity index (χ0n) is 11.4. The first kappa shape index (κ1) is 13.5. The van der Waals surface area contributed by atoms with E-state index < -0.39 is 4.92 Å². The molecule has 0 aliphatic carbocycles. The van der Waals surface area contributed by atoms with Crippen LogP contribution in [-0.2, 0) is 6.54 Å². The maximum Gasteiger partial charge on any atom is 0.343 e. The highest BCUT2D eigenvalue weighted by Gasteiger charge is 2.21. The average Bonchev–Trinajstić information content (AvgIpc) is 3.12. The lowest BCUT2D eigenvalue weighted by Gasteiger charge is -2.00. The van der Waals surface area contributed by atoms with Gasteiger partial charge in [0, 0.05) is 17.9 Å². The van der Waals surface area contributed by atoms with Gasteiger partial charge in [0.2, 0.25) is 5.89 Å². The van der Waals surface area contributed by atoms with Crippen molar-refractivity contribution in [2.75, 3.05) is 0 Å². The normalized spacial score (nSPS) is 11.0. The highest BCUT2D eigenvalue weighted by atomic mass is 32.1. The number of hydrogen-bond donors (Lipinski definition) is 0. The Balaban J connectivity index is 1.96. The molecule has 0 aliphatic rings. The minimum Gasteiger partial charge on any atom is -0.441 e. The van der Waals surface area contributed by atoms with Gasteiger partial charge in [-0.1, -0.05) is 0 Å². The Morgan fingerprint density at radius 1 is 1.48 bits per heavy atom. The summed E-state index contributed by atoms with van der Waals surface area (Å²) in [7, 11) is 0. The molecule has 3 heterocycles. The van der Waals surface area contributed by atoms with E-state index >= 15 is 0 Å². The molecule has 21 heavy (non-hydrogen) atoms. The molecule has 3 aromatic rings. The average molecular weight is 304 g/mol. The van der Waals surface area contributed by atoms with Crippen molar-refractivity contribution in [3.05, 3.63) is 50.4 Å². The fourth-order valence-electron chi connectivity index (χ4n) is 2.03. The molecular formula is C13H12N4O3S. The van der Waals surface area contributed by atoms with Crippen molar-refractivity contribution < 1.29 is 9.34 Å². The van der Waals surface area contributed by atoms with Crippen molar-refractivity contribution in [2.45, 2.75) is 20.4 Å². The summed E-state index contributed by atoms with van der Waals surface area (Å²) < 4.78 is 7.16. The van der Waals surface area contributed by atoms with Crippen LogP contribution in [0.15, 0.2) is 27.4 Å². The van der Waals surface area contributed by atoms with Crippen LogP contribution in [0.4, 0.5) is 5.82 Å². The van der Waals surface area contributed by atoms with Gasteiger partial charge in [-0.05, 0) is 23.3 Å². The predicted octanol–water partition coefficient (Wildman–Crippen LogP) is 3.17. The summed E-state index contributed by atoms with van der Waals surface area (Å²) in [5, 5.41) is 14.9. The predicted molar refractivity (Wildman–Crippen MR) is 77.3 cm³/mol. The second-order valence-electron chi connectivity index (χ2n) is 4.54. The molecule has 8 heteroatoms. The minimum atomic E-state index is -0.449. The van der Waals surface area contributed by atoms with Gasteiger partial charge in [-0.15, -0.1) is 0 Å². The number of thiophene rings is 1. The van der Waals surface area contributed by atoms with Crippen molar-refractivity contribution >= 4 is 17.2 Å². The van der Waals surface area contributed by atoms with E-state index in [4.69, 9.17) is 4.42 Å². The maximum absolute atomic E-state index is 11.0. The molecule has 3 aromatic heterocycles. The lowest BCUT2D eigenvalue weighted by Crippen LogP contribution is -2.07. The van der Waals surface area contributed by atoms with E-state index in [0.717, 1.165) is 5.56 Å². The van der Waals surface area contributed by atoms with Crippen LogP contribution in [0, 0.1) is 24.0 Å². The van der Waals surface area contributed by atoms with Gasteiger partial charge in [-0.3, -0.25) is 0 Å². The SMILES string of the molecule is Cc1oc(-c2ccsc2)nc1Cn1c([N+](=O)[O-])cnc1C. The molecule has 0 aliphatic heterocycles. The van der Waals surface area contributed by atoms with Crippen molar-refractivity contribution in [3.8, 4) is 11.5 Å². The van der Waals surface area contributed by atoms with Gasteiger partial charge >= 0.3 is 5.82 Å². The molecule has 0 amide bonds. The first-order chi connectivity index (χ1) is 10.1. The molecule has 0 radical (unpaired) electrons. The molecule has 0 unspecified atom stereocenters. The molecule has 7 nitrogen and oxygen atoms in total. The number of nitrogens with zero attached hydrogens (tertiary/aromatic N) is 4. The fourth-order valence-corrected chi connectivity index (χ4v) is 2.66. The molecule has 0 saturated carbocycles. The van der Waals surface area contributed by atoms with Crippen molar-refractivity contribution in [1.82, 2.24) is 14.5 Å². The van der Waals surface area contributed by atoms with Crippen LogP contribution in [0.5, 0.6) is 0 Å². The summed E-state index contributed by atoms with van der Waals surface area (Å²) in [5.41, 5.74) is 1.58. The Kier molecular flexibility index (Phi) is 3.30. The summed E-state index contributed by atoms with van der Waals surface area (Å²) in [4.78, 5) is 19.0. The summed E-state index contributed by atoms with van der Waals surface area (Å²) in [6.07, 6.45) is 1.25. The third-order valence-corrected chi connectivity index (χ3v) is 3.87. The van der Waals surface area contributed by atoms with E-state index in [9.17, 15) is 10.1 Å². The Hall–Kier alpha value is -2.48. The number of imidazole rings is 1. The summed E-state index contributed by atoms with van der Waals surface area (Å²) in [6.45, 7) is 3.79. The Morgan fingerprint density at radius 2 is 2.29 bits per heavy atom. The van der Waals surface area contributed by atoms with Gasteiger partial charge in [0.05, 0.1) is 0 Å². The lowest BCUT2D eigenvalue weighted by atomic mass is 10.3. The molecule has 0 N–H and O–H groups in total. The zero-order valence-corrected chi connectivity index (χ0v) is 12.3. The topological polar surface area (TPSA) is 87.0 Å². The molecule has 0 spiro atoms. The number of hydrogen-bond acceptors (Lipinski definition) is 6. The van der Waals surface area contributed by atoms with Gasteiger partial charge in [0.25, 0.3) is 0 Å². The van der Waals surface area contributed by atoms with Gasteiger partial charge in [-0.25, -0.2) is 14.5 Å². The van der Waals surface area contributed by atoms with Crippen LogP contribution >= 0.6 is 11.3 Å². The number of oxazole rings is 1.